The van der Waals surface area contributed by atoms with Gasteiger partial charge < -0.3 is 5.32 Å². The Morgan fingerprint density at radius 1 is 1.24 bits per heavy atom. The highest BCUT2D eigenvalue weighted by Gasteiger charge is 2.43. The van der Waals surface area contributed by atoms with Crippen LogP contribution in [0.2, 0.25) is 0 Å². The maximum absolute atomic E-state index is 12.0. The molecule has 1 aliphatic rings. The van der Waals surface area contributed by atoms with Crippen molar-refractivity contribution >= 4 is 9.84 Å². The van der Waals surface area contributed by atoms with Gasteiger partial charge in [-0.05, 0) is 58.4 Å². The van der Waals surface area contributed by atoms with E-state index in [-0.39, 0.29) is 5.41 Å². The van der Waals surface area contributed by atoms with Gasteiger partial charge in [0.15, 0.2) is 9.84 Å². The van der Waals surface area contributed by atoms with Gasteiger partial charge in [0.1, 0.15) is 0 Å². The monoisotopic (exact) mass is 261 g/mol. The van der Waals surface area contributed by atoms with Crippen LogP contribution in [0.3, 0.4) is 0 Å². The predicted molar refractivity (Wildman–Crippen MR) is 73.0 cm³/mol. The first-order valence-electron chi connectivity index (χ1n) is 6.65. The molecule has 3 nitrogen and oxygen atoms in total. The number of rotatable bonds is 7. The van der Waals surface area contributed by atoms with Crippen molar-refractivity contribution in [3.05, 3.63) is 0 Å². The molecule has 0 amide bonds. The van der Waals surface area contributed by atoms with Crippen LogP contribution in [0.1, 0.15) is 53.4 Å². The summed E-state index contributed by atoms with van der Waals surface area (Å²) in [7, 11) is -2.95. The van der Waals surface area contributed by atoms with Gasteiger partial charge in [0.25, 0.3) is 0 Å². The Hall–Kier alpha value is -0.0900. The molecule has 1 fully saturated rings. The van der Waals surface area contributed by atoms with Crippen molar-refractivity contribution in [2.24, 2.45) is 5.41 Å². The number of hydrogen-bond donors (Lipinski definition) is 1. The van der Waals surface area contributed by atoms with Crippen molar-refractivity contribution in [1.29, 1.82) is 0 Å². The molecule has 0 unspecified atom stereocenters. The van der Waals surface area contributed by atoms with Crippen LogP contribution in [0.4, 0.5) is 0 Å². The molecular weight excluding hydrogens is 234 g/mol. The van der Waals surface area contributed by atoms with E-state index in [4.69, 9.17) is 0 Å². The van der Waals surface area contributed by atoms with Crippen molar-refractivity contribution in [3.8, 4) is 0 Å². The molecular formula is C13H27NO2S. The summed E-state index contributed by atoms with van der Waals surface area (Å²) in [6, 6.07) is 0. The molecule has 0 radical (unpaired) electrons. The van der Waals surface area contributed by atoms with E-state index in [1.165, 1.54) is 12.8 Å². The van der Waals surface area contributed by atoms with Crippen LogP contribution in [-0.2, 0) is 9.84 Å². The molecule has 102 valence electrons. The molecule has 0 spiro atoms. The average molecular weight is 261 g/mol. The summed E-state index contributed by atoms with van der Waals surface area (Å²) in [5.74, 6) is 0.338. The third kappa shape index (κ3) is 4.25. The summed E-state index contributed by atoms with van der Waals surface area (Å²) in [5.41, 5.74) is 0.285. The van der Waals surface area contributed by atoms with E-state index in [9.17, 15) is 8.42 Å². The Kier molecular flexibility index (Phi) is 4.64. The lowest BCUT2D eigenvalue weighted by molar-refractivity contribution is 0.440. The molecule has 0 aromatic heterocycles. The lowest BCUT2D eigenvalue weighted by atomic mass is 10.0. The minimum atomic E-state index is -2.95. The molecule has 0 heterocycles. The first-order chi connectivity index (χ1) is 7.72. The summed E-state index contributed by atoms with van der Waals surface area (Å²) < 4.78 is 23.5. The third-order valence-corrected chi connectivity index (χ3v) is 6.33. The van der Waals surface area contributed by atoms with Crippen LogP contribution in [0.5, 0.6) is 0 Å². The van der Waals surface area contributed by atoms with E-state index in [1.54, 1.807) is 20.8 Å². The van der Waals surface area contributed by atoms with Crippen molar-refractivity contribution < 1.29 is 8.42 Å². The molecule has 1 saturated carbocycles. The zero-order valence-corrected chi connectivity index (χ0v) is 12.5. The molecule has 0 aliphatic heterocycles. The van der Waals surface area contributed by atoms with Gasteiger partial charge in [-0.1, -0.05) is 6.92 Å². The summed E-state index contributed by atoms with van der Waals surface area (Å²) in [6.45, 7) is 9.54. The summed E-state index contributed by atoms with van der Waals surface area (Å²) in [6.07, 6.45) is 4.33. The van der Waals surface area contributed by atoms with Crippen molar-refractivity contribution in [2.75, 3.05) is 18.8 Å². The molecule has 0 atom stereocenters. The van der Waals surface area contributed by atoms with Gasteiger partial charge >= 0.3 is 0 Å². The summed E-state index contributed by atoms with van der Waals surface area (Å²) >= 11 is 0. The van der Waals surface area contributed by atoms with Crippen LogP contribution in [-0.4, -0.2) is 32.0 Å². The SMILES string of the molecule is CCCNCC1(CCS(=O)(=O)C(C)(C)C)CC1. The Morgan fingerprint density at radius 2 is 1.82 bits per heavy atom. The fourth-order valence-corrected chi connectivity index (χ4v) is 3.19. The highest BCUT2D eigenvalue weighted by molar-refractivity contribution is 7.92. The van der Waals surface area contributed by atoms with E-state index >= 15 is 0 Å². The highest BCUT2D eigenvalue weighted by atomic mass is 32.2. The molecule has 1 rings (SSSR count). The van der Waals surface area contributed by atoms with Gasteiger partial charge in [-0.15, -0.1) is 0 Å². The topological polar surface area (TPSA) is 46.2 Å². The van der Waals surface area contributed by atoms with Crippen LogP contribution < -0.4 is 5.32 Å². The molecule has 0 aromatic rings. The minimum Gasteiger partial charge on any atom is -0.316 e. The first kappa shape index (κ1) is 15.0. The van der Waals surface area contributed by atoms with E-state index in [0.717, 1.165) is 25.9 Å². The molecule has 1 N–H and O–H groups in total. The number of sulfone groups is 1. The zero-order chi connectivity index (χ0) is 13.2. The molecule has 0 bridgehead atoms. The van der Waals surface area contributed by atoms with Crippen LogP contribution in [0.15, 0.2) is 0 Å². The van der Waals surface area contributed by atoms with E-state index in [0.29, 0.717) is 5.75 Å². The Labute approximate surface area is 106 Å². The second-order valence-corrected chi connectivity index (χ2v) is 9.22. The second kappa shape index (κ2) is 5.27. The predicted octanol–water partition coefficient (Wildman–Crippen LogP) is 2.37. The normalized spacial score (nSPS) is 19.3. The maximum Gasteiger partial charge on any atom is 0.155 e. The van der Waals surface area contributed by atoms with E-state index < -0.39 is 14.6 Å². The smallest absolute Gasteiger partial charge is 0.155 e. The largest absolute Gasteiger partial charge is 0.316 e. The molecule has 4 heteroatoms. The lowest BCUT2D eigenvalue weighted by Gasteiger charge is -2.22. The van der Waals surface area contributed by atoms with E-state index in [2.05, 4.69) is 12.2 Å². The Bertz CT molecular complexity index is 337. The Morgan fingerprint density at radius 3 is 2.24 bits per heavy atom. The Balaban J connectivity index is 2.41. The zero-order valence-electron chi connectivity index (χ0n) is 11.7. The number of hydrogen-bond acceptors (Lipinski definition) is 3. The highest BCUT2D eigenvalue weighted by Crippen LogP contribution is 2.48. The minimum absolute atomic E-state index is 0.285. The standard InChI is InChI=1S/C13H27NO2S/c1-5-9-14-11-13(6-7-13)8-10-17(15,16)12(2,3)4/h14H,5-11H2,1-4H3. The van der Waals surface area contributed by atoms with Gasteiger partial charge in [-0.25, -0.2) is 8.42 Å². The van der Waals surface area contributed by atoms with E-state index in [1.807, 2.05) is 0 Å². The fraction of sp³-hybridized carbons (Fsp3) is 1.00. The second-order valence-electron chi connectivity index (χ2n) is 6.36. The van der Waals surface area contributed by atoms with Gasteiger partial charge in [0.2, 0.25) is 0 Å². The average Bonchev–Trinajstić information content (AvgIpc) is 2.95. The molecule has 0 aromatic carbocycles. The number of nitrogens with one attached hydrogen (secondary N) is 1. The van der Waals surface area contributed by atoms with Crippen molar-refractivity contribution in [1.82, 2.24) is 5.32 Å². The van der Waals surface area contributed by atoms with Gasteiger partial charge in [0.05, 0.1) is 10.5 Å². The quantitative estimate of drug-likeness (QED) is 0.716. The summed E-state index contributed by atoms with van der Waals surface area (Å²) in [5, 5.41) is 3.42. The van der Waals surface area contributed by atoms with Crippen LogP contribution in [0, 0.1) is 5.41 Å². The third-order valence-electron chi connectivity index (χ3n) is 3.72. The summed E-state index contributed by atoms with van der Waals surface area (Å²) in [4.78, 5) is 0. The maximum atomic E-state index is 12.0. The molecule has 0 saturated heterocycles. The molecule has 1 aliphatic carbocycles. The van der Waals surface area contributed by atoms with Crippen molar-refractivity contribution in [2.45, 2.75) is 58.1 Å². The van der Waals surface area contributed by atoms with Crippen molar-refractivity contribution in [3.63, 3.8) is 0 Å². The van der Waals surface area contributed by atoms with Crippen LogP contribution >= 0.6 is 0 Å². The lowest BCUT2D eigenvalue weighted by Crippen LogP contribution is -2.33. The molecule has 17 heavy (non-hydrogen) atoms. The van der Waals surface area contributed by atoms with Gasteiger partial charge in [0, 0.05) is 6.54 Å². The van der Waals surface area contributed by atoms with Gasteiger partial charge in [-0.2, -0.15) is 0 Å². The fourth-order valence-electron chi connectivity index (χ4n) is 1.88. The van der Waals surface area contributed by atoms with Crippen LogP contribution in [0.25, 0.3) is 0 Å². The van der Waals surface area contributed by atoms with Gasteiger partial charge in [-0.3, -0.25) is 0 Å². The first-order valence-corrected chi connectivity index (χ1v) is 8.31.